The first kappa shape index (κ1) is 19.5. The van der Waals surface area contributed by atoms with Gasteiger partial charge in [-0.15, -0.1) is 0 Å². The monoisotopic (exact) mass is 410 g/mol. The summed E-state index contributed by atoms with van der Waals surface area (Å²) in [6.07, 6.45) is 8.77. The number of halogens is 1. The molecule has 2 aliphatic rings. The number of anilines is 1. The smallest absolute Gasteiger partial charge is 0.418 e. The van der Waals surface area contributed by atoms with E-state index in [-0.39, 0.29) is 17.8 Å². The number of allylic oxidation sites excluding steroid dienone is 3. The largest absolute Gasteiger partial charge is 0.449 e. The molecule has 1 aliphatic heterocycles. The van der Waals surface area contributed by atoms with Crippen LogP contribution in [0.5, 0.6) is 0 Å². The summed E-state index contributed by atoms with van der Waals surface area (Å²) in [5, 5.41) is 0.601. The van der Waals surface area contributed by atoms with E-state index in [9.17, 15) is 9.59 Å². The molecule has 0 fully saturated rings. The summed E-state index contributed by atoms with van der Waals surface area (Å²) >= 11 is 5.96. The Hall–Kier alpha value is -2.79. The molecular formula is C23H23ClN2O3. The number of ether oxygens (including phenoxy) is 1. The van der Waals surface area contributed by atoms with Crippen molar-refractivity contribution in [2.75, 3.05) is 25.1 Å². The molecule has 5 nitrogen and oxygen atoms in total. The fourth-order valence-electron chi connectivity index (χ4n) is 4.24. The van der Waals surface area contributed by atoms with Crippen LogP contribution >= 0.6 is 11.6 Å². The summed E-state index contributed by atoms with van der Waals surface area (Å²) in [6, 6.07) is 6.97. The van der Waals surface area contributed by atoms with Gasteiger partial charge in [0.15, 0.2) is 5.78 Å². The van der Waals surface area contributed by atoms with E-state index in [1.165, 1.54) is 0 Å². The van der Waals surface area contributed by atoms with E-state index < -0.39 is 0 Å². The van der Waals surface area contributed by atoms with Gasteiger partial charge >= 0.3 is 6.09 Å². The first-order chi connectivity index (χ1) is 14.0. The number of carbonyl (C=O) groups excluding carboxylic acids is 2. The molecule has 0 radical (unpaired) electrons. The average molecular weight is 411 g/mol. The van der Waals surface area contributed by atoms with Gasteiger partial charge in [0, 0.05) is 54.2 Å². The molecule has 0 saturated carbocycles. The molecule has 1 aliphatic carbocycles. The van der Waals surface area contributed by atoms with Crippen LogP contribution in [0.3, 0.4) is 0 Å². The van der Waals surface area contributed by atoms with Gasteiger partial charge in [-0.3, -0.25) is 9.36 Å². The van der Waals surface area contributed by atoms with Gasteiger partial charge in [0.25, 0.3) is 0 Å². The average Bonchev–Trinajstić information content (AvgIpc) is 2.84. The van der Waals surface area contributed by atoms with Crippen LogP contribution in [0.2, 0.25) is 5.02 Å². The molecule has 0 amide bonds. The Morgan fingerprint density at radius 2 is 1.93 bits per heavy atom. The summed E-state index contributed by atoms with van der Waals surface area (Å²) in [7, 11) is 1.97. The third-order valence-electron chi connectivity index (χ3n) is 5.47. The van der Waals surface area contributed by atoms with Crippen molar-refractivity contribution in [3.05, 3.63) is 70.0 Å². The van der Waals surface area contributed by atoms with Gasteiger partial charge in [-0.1, -0.05) is 35.9 Å². The van der Waals surface area contributed by atoms with Crippen molar-refractivity contribution in [2.24, 2.45) is 5.92 Å². The van der Waals surface area contributed by atoms with Crippen molar-refractivity contribution in [1.29, 1.82) is 0 Å². The molecule has 4 rings (SSSR count). The molecule has 0 spiro atoms. The lowest BCUT2D eigenvalue weighted by Crippen LogP contribution is -2.37. The van der Waals surface area contributed by atoms with Gasteiger partial charge in [-0.05, 0) is 31.2 Å². The molecule has 29 heavy (non-hydrogen) atoms. The molecule has 2 heterocycles. The maximum absolute atomic E-state index is 13.2. The van der Waals surface area contributed by atoms with Gasteiger partial charge in [0.05, 0.1) is 18.0 Å². The van der Waals surface area contributed by atoms with E-state index in [2.05, 4.69) is 4.90 Å². The van der Waals surface area contributed by atoms with Crippen LogP contribution in [-0.2, 0) is 17.6 Å². The highest BCUT2D eigenvalue weighted by molar-refractivity contribution is 6.30. The number of nitrogens with zero attached hydrogens (tertiary/aromatic N) is 2. The summed E-state index contributed by atoms with van der Waals surface area (Å²) in [5.74, 6) is -0.193. The van der Waals surface area contributed by atoms with Crippen molar-refractivity contribution in [3.8, 4) is 0 Å². The van der Waals surface area contributed by atoms with Crippen LogP contribution in [0.4, 0.5) is 10.5 Å². The van der Waals surface area contributed by atoms with Gasteiger partial charge in [-0.2, -0.15) is 0 Å². The van der Waals surface area contributed by atoms with Crippen molar-refractivity contribution < 1.29 is 14.3 Å². The molecule has 1 aromatic carbocycles. The Morgan fingerprint density at radius 3 is 2.66 bits per heavy atom. The van der Waals surface area contributed by atoms with Crippen molar-refractivity contribution in [3.63, 3.8) is 0 Å². The van der Waals surface area contributed by atoms with Crippen LogP contribution < -0.4 is 4.90 Å². The standard InChI is InChI=1S/C23H23ClN2O3/c1-3-29-23(28)26-19-8-6-4-5-7-18(19)21-20(26)13-16(14-25(21)2)22(27)15-9-11-17(24)12-10-15/h4-7,9-12,16H,3,8,13-14H2,1-2H3. The van der Waals surface area contributed by atoms with Crippen LogP contribution in [0.15, 0.2) is 42.5 Å². The van der Waals surface area contributed by atoms with Crippen LogP contribution in [-0.4, -0.2) is 36.6 Å². The molecule has 2 aromatic rings. The molecule has 1 unspecified atom stereocenters. The Bertz CT molecular complexity index is 1020. The minimum atomic E-state index is -0.387. The Balaban J connectivity index is 1.77. The topological polar surface area (TPSA) is 51.5 Å². The number of carbonyl (C=O) groups is 2. The molecule has 1 aromatic heterocycles. The molecule has 150 valence electrons. The summed E-state index contributed by atoms with van der Waals surface area (Å²) in [4.78, 5) is 28.1. The lowest BCUT2D eigenvalue weighted by molar-refractivity contribution is 0.0917. The Labute approximate surface area is 175 Å². The van der Waals surface area contributed by atoms with Crippen LogP contribution in [0.25, 0.3) is 6.08 Å². The van der Waals surface area contributed by atoms with Gasteiger partial charge < -0.3 is 9.64 Å². The number of aromatic nitrogens is 1. The van der Waals surface area contributed by atoms with E-state index in [1.807, 2.05) is 31.4 Å². The predicted molar refractivity (Wildman–Crippen MR) is 115 cm³/mol. The fourth-order valence-corrected chi connectivity index (χ4v) is 4.36. The van der Waals surface area contributed by atoms with Gasteiger partial charge in [0.1, 0.15) is 0 Å². The number of fused-ring (bicyclic) bond motifs is 3. The van der Waals surface area contributed by atoms with E-state index in [4.69, 9.17) is 16.3 Å². The predicted octanol–water partition coefficient (Wildman–Crippen LogP) is 4.76. The molecular weight excluding hydrogens is 388 g/mol. The van der Waals surface area contributed by atoms with Crippen molar-refractivity contribution >= 4 is 35.2 Å². The molecule has 1 atom stereocenters. The maximum atomic E-state index is 13.2. The molecule has 0 saturated heterocycles. The maximum Gasteiger partial charge on any atom is 0.418 e. The zero-order valence-electron chi connectivity index (χ0n) is 16.5. The molecule has 6 heteroatoms. The fraction of sp³-hybridized carbons (Fsp3) is 0.304. The highest BCUT2D eigenvalue weighted by atomic mass is 35.5. The van der Waals surface area contributed by atoms with E-state index in [0.717, 1.165) is 22.6 Å². The Kier molecular flexibility index (Phi) is 5.33. The number of ketones is 1. The summed E-state index contributed by atoms with van der Waals surface area (Å²) in [5.41, 5.74) is 4.42. The minimum absolute atomic E-state index is 0.0569. The first-order valence-corrected chi connectivity index (χ1v) is 10.2. The van der Waals surface area contributed by atoms with Gasteiger partial charge in [-0.25, -0.2) is 4.79 Å². The third-order valence-corrected chi connectivity index (χ3v) is 5.72. The summed E-state index contributed by atoms with van der Waals surface area (Å²) in [6.45, 7) is 2.69. The van der Waals surface area contributed by atoms with E-state index >= 15 is 0 Å². The van der Waals surface area contributed by atoms with Crippen molar-refractivity contribution in [1.82, 2.24) is 4.57 Å². The normalized spacial score (nSPS) is 17.5. The highest BCUT2D eigenvalue weighted by Gasteiger charge is 2.36. The van der Waals surface area contributed by atoms with Gasteiger partial charge in [0.2, 0.25) is 0 Å². The van der Waals surface area contributed by atoms with E-state index in [1.54, 1.807) is 35.8 Å². The molecule has 0 N–H and O–H groups in total. The van der Waals surface area contributed by atoms with Crippen LogP contribution in [0.1, 0.15) is 34.2 Å². The zero-order chi connectivity index (χ0) is 20.5. The summed E-state index contributed by atoms with van der Waals surface area (Å²) < 4.78 is 7.02. The Morgan fingerprint density at radius 1 is 1.17 bits per heavy atom. The number of hydrogen-bond acceptors (Lipinski definition) is 4. The highest BCUT2D eigenvalue weighted by Crippen LogP contribution is 2.39. The lowest BCUT2D eigenvalue weighted by Gasteiger charge is -2.32. The number of Topliss-reactive ketones (excluding diaryl/α,β-unsaturated/α-hetero) is 1. The minimum Gasteiger partial charge on any atom is -0.449 e. The zero-order valence-corrected chi connectivity index (χ0v) is 17.3. The lowest BCUT2D eigenvalue weighted by atomic mass is 9.89. The quantitative estimate of drug-likeness (QED) is 0.684. The number of rotatable bonds is 3. The third kappa shape index (κ3) is 3.51. The second kappa shape index (κ2) is 7.91. The second-order valence-electron chi connectivity index (χ2n) is 7.33. The second-order valence-corrected chi connectivity index (χ2v) is 7.77. The first-order valence-electron chi connectivity index (χ1n) is 9.79. The van der Waals surface area contributed by atoms with Crippen molar-refractivity contribution in [2.45, 2.75) is 19.8 Å². The SMILES string of the molecule is CCOC(=O)n1c2c(c3c1CC(C(=O)c1ccc(Cl)cc1)CN3C)C=CC=CC2. The number of benzene rings is 1. The number of hydrogen-bond donors (Lipinski definition) is 0. The molecule has 0 bridgehead atoms. The van der Waals surface area contributed by atoms with Crippen LogP contribution in [0, 0.1) is 5.92 Å². The van der Waals surface area contributed by atoms with E-state index in [0.29, 0.717) is 36.6 Å².